The molecule has 72 valence electrons. The number of carbonyl (C=O) groups is 1. The molecular weight excluding hydrogens is 164 g/mol. The van der Waals surface area contributed by atoms with Crippen LogP contribution < -0.4 is 0 Å². The third kappa shape index (κ3) is 1.82. The van der Waals surface area contributed by atoms with E-state index in [0.717, 1.165) is 12.0 Å². The van der Waals surface area contributed by atoms with E-state index in [4.69, 9.17) is 0 Å². The zero-order valence-electron chi connectivity index (χ0n) is 8.64. The van der Waals surface area contributed by atoms with Crippen LogP contribution in [0.4, 0.5) is 0 Å². The van der Waals surface area contributed by atoms with Crippen LogP contribution in [0.1, 0.15) is 34.1 Å². The summed E-state index contributed by atoms with van der Waals surface area (Å²) in [5.74, 6) is 0.104. The molecule has 0 aromatic rings. The fraction of sp³-hybridized carbons (Fsp3) is 0.545. The van der Waals surface area contributed by atoms with Gasteiger partial charge in [0.05, 0.1) is 0 Å². The Labute approximate surface area is 79.0 Å². The van der Waals surface area contributed by atoms with Gasteiger partial charge >= 0.3 is 0 Å². The highest BCUT2D eigenvalue weighted by molar-refractivity contribution is 5.95. The SMILES string of the molecule is CC(=O)C1=C(O)C=C(C)CC1(C)C. The molecule has 0 aromatic carbocycles. The van der Waals surface area contributed by atoms with Gasteiger partial charge in [-0.05, 0) is 26.3 Å². The van der Waals surface area contributed by atoms with Crippen molar-refractivity contribution in [2.75, 3.05) is 0 Å². The first-order chi connectivity index (χ1) is 5.84. The summed E-state index contributed by atoms with van der Waals surface area (Å²) in [5.41, 5.74) is 1.44. The average Bonchev–Trinajstić information content (AvgIpc) is 1.78. The highest BCUT2D eigenvalue weighted by Crippen LogP contribution is 2.39. The topological polar surface area (TPSA) is 37.3 Å². The van der Waals surface area contributed by atoms with Crippen molar-refractivity contribution in [3.05, 3.63) is 23.0 Å². The van der Waals surface area contributed by atoms with Crippen molar-refractivity contribution in [3.8, 4) is 0 Å². The second kappa shape index (κ2) is 3.02. The van der Waals surface area contributed by atoms with Crippen molar-refractivity contribution in [1.82, 2.24) is 0 Å². The van der Waals surface area contributed by atoms with Crippen LogP contribution in [-0.2, 0) is 4.79 Å². The number of carbonyl (C=O) groups excluding carboxylic acids is 1. The molecule has 0 saturated carbocycles. The van der Waals surface area contributed by atoms with Crippen molar-refractivity contribution in [2.24, 2.45) is 5.41 Å². The minimum atomic E-state index is -0.227. The summed E-state index contributed by atoms with van der Waals surface area (Å²) in [6.45, 7) is 7.43. The van der Waals surface area contributed by atoms with Gasteiger partial charge in [0, 0.05) is 11.0 Å². The van der Waals surface area contributed by atoms with Gasteiger partial charge in [-0.15, -0.1) is 0 Å². The van der Waals surface area contributed by atoms with E-state index in [1.54, 1.807) is 6.08 Å². The Kier molecular flexibility index (Phi) is 2.33. The molecule has 0 unspecified atom stereocenters. The van der Waals surface area contributed by atoms with Crippen LogP contribution in [0.15, 0.2) is 23.0 Å². The Balaban J connectivity index is 3.24. The van der Waals surface area contributed by atoms with Crippen molar-refractivity contribution in [3.63, 3.8) is 0 Å². The molecule has 13 heavy (non-hydrogen) atoms. The van der Waals surface area contributed by atoms with Crippen LogP contribution in [0.3, 0.4) is 0 Å². The minimum absolute atomic E-state index is 0.0359. The molecule has 2 heteroatoms. The van der Waals surface area contributed by atoms with Crippen molar-refractivity contribution in [1.29, 1.82) is 0 Å². The number of rotatable bonds is 1. The van der Waals surface area contributed by atoms with Crippen molar-refractivity contribution < 1.29 is 9.90 Å². The van der Waals surface area contributed by atoms with Crippen LogP contribution >= 0.6 is 0 Å². The maximum atomic E-state index is 11.3. The number of ketones is 1. The summed E-state index contributed by atoms with van der Waals surface area (Å²) in [7, 11) is 0. The smallest absolute Gasteiger partial charge is 0.160 e. The normalized spacial score (nSPS) is 21.4. The van der Waals surface area contributed by atoms with Crippen molar-refractivity contribution in [2.45, 2.75) is 34.1 Å². The molecule has 0 aliphatic heterocycles. The molecule has 0 fully saturated rings. The zero-order valence-corrected chi connectivity index (χ0v) is 8.64. The second-order valence-corrected chi connectivity index (χ2v) is 4.37. The van der Waals surface area contributed by atoms with E-state index in [0.29, 0.717) is 5.57 Å². The first-order valence-corrected chi connectivity index (χ1v) is 4.46. The van der Waals surface area contributed by atoms with Crippen LogP contribution in [0, 0.1) is 5.41 Å². The fourth-order valence-corrected chi connectivity index (χ4v) is 2.15. The Morgan fingerprint density at radius 1 is 1.54 bits per heavy atom. The molecule has 0 amide bonds. The van der Waals surface area contributed by atoms with Gasteiger partial charge in [0.1, 0.15) is 5.76 Å². The lowest BCUT2D eigenvalue weighted by Gasteiger charge is -2.30. The van der Waals surface area contributed by atoms with Crippen LogP contribution in [-0.4, -0.2) is 10.9 Å². The number of aliphatic hydroxyl groups excluding tert-OH is 1. The third-order valence-corrected chi connectivity index (χ3v) is 2.39. The fourth-order valence-electron chi connectivity index (χ4n) is 2.15. The minimum Gasteiger partial charge on any atom is -0.508 e. The summed E-state index contributed by atoms with van der Waals surface area (Å²) >= 11 is 0. The summed E-state index contributed by atoms with van der Waals surface area (Å²) in [4.78, 5) is 11.3. The van der Waals surface area contributed by atoms with E-state index in [-0.39, 0.29) is 17.0 Å². The predicted molar refractivity (Wildman–Crippen MR) is 52.5 cm³/mol. The molecule has 0 spiro atoms. The van der Waals surface area contributed by atoms with Gasteiger partial charge in [-0.2, -0.15) is 0 Å². The number of hydrogen-bond donors (Lipinski definition) is 1. The van der Waals surface area contributed by atoms with Crippen LogP contribution in [0.25, 0.3) is 0 Å². The summed E-state index contributed by atoms with van der Waals surface area (Å²) in [6, 6.07) is 0. The second-order valence-electron chi connectivity index (χ2n) is 4.37. The number of allylic oxidation sites excluding steroid dienone is 3. The number of aliphatic hydroxyl groups is 1. The van der Waals surface area contributed by atoms with Gasteiger partial charge in [0.2, 0.25) is 0 Å². The molecule has 0 bridgehead atoms. The molecule has 0 aromatic heterocycles. The standard InChI is InChI=1S/C11H16O2/c1-7-5-9(13)10(8(2)12)11(3,4)6-7/h5,13H,6H2,1-4H3. The first-order valence-electron chi connectivity index (χ1n) is 4.46. The van der Waals surface area contributed by atoms with Gasteiger partial charge in [0.25, 0.3) is 0 Å². The van der Waals surface area contributed by atoms with E-state index in [9.17, 15) is 9.90 Å². The largest absolute Gasteiger partial charge is 0.508 e. The first kappa shape index (κ1) is 10.0. The Hall–Kier alpha value is -1.05. The molecular formula is C11H16O2. The van der Waals surface area contributed by atoms with Crippen LogP contribution in [0.5, 0.6) is 0 Å². The van der Waals surface area contributed by atoms with E-state index >= 15 is 0 Å². The quantitative estimate of drug-likeness (QED) is 0.673. The summed E-state index contributed by atoms with van der Waals surface area (Å²) < 4.78 is 0. The lowest BCUT2D eigenvalue weighted by atomic mass is 9.73. The molecule has 0 atom stereocenters. The Morgan fingerprint density at radius 2 is 2.08 bits per heavy atom. The van der Waals surface area contributed by atoms with Crippen molar-refractivity contribution >= 4 is 5.78 Å². The van der Waals surface area contributed by atoms with Gasteiger partial charge in [0.15, 0.2) is 5.78 Å². The lowest BCUT2D eigenvalue weighted by molar-refractivity contribution is -0.114. The van der Waals surface area contributed by atoms with E-state index < -0.39 is 0 Å². The number of Topliss-reactive ketones (excluding diaryl/α,β-unsaturated/α-hetero) is 1. The molecule has 1 aliphatic carbocycles. The molecule has 1 rings (SSSR count). The van der Waals surface area contributed by atoms with Gasteiger partial charge in [-0.25, -0.2) is 0 Å². The van der Waals surface area contributed by atoms with Gasteiger partial charge < -0.3 is 5.11 Å². The Morgan fingerprint density at radius 3 is 2.46 bits per heavy atom. The molecule has 0 saturated heterocycles. The molecule has 2 nitrogen and oxygen atoms in total. The van der Waals surface area contributed by atoms with E-state index in [1.807, 2.05) is 20.8 Å². The zero-order chi connectivity index (χ0) is 10.2. The maximum absolute atomic E-state index is 11.3. The molecule has 0 radical (unpaired) electrons. The average molecular weight is 180 g/mol. The van der Waals surface area contributed by atoms with Gasteiger partial charge in [-0.3, -0.25) is 4.79 Å². The monoisotopic (exact) mass is 180 g/mol. The summed E-state index contributed by atoms with van der Waals surface area (Å²) in [6.07, 6.45) is 2.52. The third-order valence-electron chi connectivity index (χ3n) is 2.39. The van der Waals surface area contributed by atoms with E-state index in [1.165, 1.54) is 6.92 Å². The molecule has 0 heterocycles. The number of hydrogen-bond acceptors (Lipinski definition) is 2. The van der Waals surface area contributed by atoms with Gasteiger partial charge in [-0.1, -0.05) is 19.4 Å². The molecule has 1 N–H and O–H groups in total. The predicted octanol–water partition coefficient (Wildman–Crippen LogP) is 2.76. The summed E-state index contributed by atoms with van der Waals surface area (Å²) in [5, 5.41) is 9.63. The maximum Gasteiger partial charge on any atom is 0.160 e. The highest BCUT2D eigenvalue weighted by Gasteiger charge is 2.32. The molecule has 1 aliphatic rings. The van der Waals surface area contributed by atoms with E-state index in [2.05, 4.69) is 0 Å². The van der Waals surface area contributed by atoms with Crippen LogP contribution in [0.2, 0.25) is 0 Å². The lowest BCUT2D eigenvalue weighted by Crippen LogP contribution is -2.24. The highest BCUT2D eigenvalue weighted by atomic mass is 16.3. The Bertz CT molecular complexity index is 306.